The van der Waals surface area contributed by atoms with E-state index in [4.69, 9.17) is 9.84 Å². The zero-order valence-corrected chi connectivity index (χ0v) is 10.8. The monoisotopic (exact) mass is 249 g/mol. The molecule has 0 aromatic heterocycles. The van der Waals surface area contributed by atoms with Crippen LogP contribution in [-0.2, 0) is 16.1 Å². The minimum Gasteiger partial charge on any atom is -0.479 e. The van der Waals surface area contributed by atoms with Crippen LogP contribution in [0.15, 0.2) is 18.2 Å². The van der Waals surface area contributed by atoms with E-state index in [2.05, 4.69) is 30.9 Å². The first-order chi connectivity index (χ1) is 8.58. The molecule has 1 unspecified atom stereocenters. The van der Waals surface area contributed by atoms with Crippen LogP contribution in [0.25, 0.3) is 0 Å². The van der Waals surface area contributed by atoms with Crippen molar-refractivity contribution in [3.05, 3.63) is 34.9 Å². The highest BCUT2D eigenvalue weighted by atomic mass is 16.5. The van der Waals surface area contributed by atoms with Crippen molar-refractivity contribution in [1.82, 2.24) is 4.90 Å². The quantitative estimate of drug-likeness (QED) is 0.883. The van der Waals surface area contributed by atoms with Gasteiger partial charge in [0.1, 0.15) is 0 Å². The van der Waals surface area contributed by atoms with E-state index in [1.807, 2.05) is 6.07 Å². The van der Waals surface area contributed by atoms with E-state index in [0.29, 0.717) is 13.2 Å². The third-order valence-electron chi connectivity index (χ3n) is 3.54. The summed E-state index contributed by atoms with van der Waals surface area (Å²) in [5.74, 6) is -0.874. The number of ether oxygens (including phenoxy) is 1. The van der Waals surface area contributed by atoms with Crippen LogP contribution in [0.2, 0.25) is 0 Å². The fourth-order valence-electron chi connectivity index (χ4n) is 2.22. The minimum absolute atomic E-state index is 0.461. The third-order valence-corrected chi connectivity index (χ3v) is 3.54. The third kappa shape index (κ3) is 2.89. The molecule has 4 nitrogen and oxygen atoms in total. The maximum absolute atomic E-state index is 10.9. The van der Waals surface area contributed by atoms with Crippen LogP contribution >= 0.6 is 0 Å². The molecule has 0 bridgehead atoms. The highest BCUT2D eigenvalue weighted by Gasteiger charge is 2.26. The van der Waals surface area contributed by atoms with Crippen LogP contribution in [-0.4, -0.2) is 41.8 Å². The second-order valence-electron chi connectivity index (χ2n) is 4.79. The lowest BCUT2D eigenvalue weighted by molar-refractivity contribution is -0.156. The second kappa shape index (κ2) is 5.50. The Balaban J connectivity index is 2.05. The molecule has 1 aliphatic heterocycles. The predicted octanol–water partition coefficient (Wildman–Crippen LogP) is 1.59. The maximum atomic E-state index is 10.9. The standard InChI is InChI=1S/C14H19NO3/c1-10-4-3-5-12(11(10)2)8-15-6-7-18-13(9-15)14(16)17/h3-5,13H,6-9H2,1-2H3,(H,16,17). The molecule has 4 heteroatoms. The number of carboxylic acid groups (broad SMARTS) is 1. The molecule has 1 saturated heterocycles. The molecule has 98 valence electrons. The summed E-state index contributed by atoms with van der Waals surface area (Å²) in [7, 11) is 0. The van der Waals surface area contributed by atoms with Gasteiger partial charge in [0.05, 0.1) is 6.61 Å². The van der Waals surface area contributed by atoms with Gasteiger partial charge in [0.15, 0.2) is 6.10 Å². The molecule has 1 heterocycles. The summed E-state index contributed by atoms with van der Waals surface area (Å²) in [4.78, 5) is 13.1. The van der Waals surface area contributed by atoms with Crippen molar-refractivity contribution < 1.29 is 14.6 Å². The van der Waals surface area contributed by atoms with E-state index in [0.717, 1.165) is 13.1 Å². The second-order valence-corrected chi connectivity index (χ2v) is 4.79. The zero-order chi connectivity index (χ0) is 13.1. The summed E-state index contributed by atoms with van der Waals surface area (Å²) in [5.41, 5.74) is 3.83. The molecular weight excluding hydrogens is 230 g/mol. The Morgan fingerprint density at radius 1 is 1.50 bits per heavy atom. The Morgan fingerprint density at radius 3 is 3.00 bits per heavy atom. The molecule has 1 N–H and O–H groups in total. The van der Waals surface area contributed by atoms with Gasteiger partial charge in [-0.3, -0.25) is 4.90 Å². The number of aryl methyl sites for hydroxylation is 1. The van der Waals surface area contributed by atoms with Crippen molar-refractivity contribution in [2.75, 3.05) is 19.7 Å². The molecule has 0 radical (unpaired) electrons. The lowest BCUT2D eigenvalue weighted by atomic mass is 10.0. The molecule has 0 saturated carbocycles. The van der Waals surface area contributed by atoms with E-state index in [1.54, 1.807) is 0 Å². The molecule has 0 aliphatic carbocycles. The molecule has 1 fully saturated rings. The average molecular weight is 249 g/mol. The van der Waals surface area contributed by atoms with E-state index >= 15 is 0 Å². The van der Waals surface area contributed by atoms with Crippen LogP contribution in [0.5, 0.6) is 0 Å². The topological polar surface area (TPSA) is 49.8 Å². The Bertz CT molecular complexity index is 445. The number of benzene rings is 1. The largest absolute Gasteiger partial charge is 0.479 e. The maximum Gasteiger partial charge on any atom is 0.334 e. The van der Waals surface area contributed by atoms with Gasteiger partial charge in [-0.1, -0.05) is 18.2 Å². The van der Waals surface area contributed by atoms with E-state index < -0.39 is 12.1 Å². The Hall–Kier alpha value is -1.39. The van der Waals surface area contributed by atoms with Gasteiger partial charge in [-0.15, -0.1) is 0 Å². The van der Waals surface area contributed by atoms with E-state index in [9.17, 15) is 4.79 Å². The summed E-state index contributed by atoms with van der Waals surface area (Å²) in [5, 5.41) is 8.97. The Kier molecular flexibility index (Phi) is 3.99. The molecule has 0 spiro atoms. The first-order valence-electron chi connectivity index (χ1n) is 6.20. The lowest BCUT2D eigenvalue weighted by Gasteiger charge is -2.31. The summed E-state index contributed by atoms with van der Waals surface area (Å²) in [6.07, 6.45) is -0.691. The summed E-state index contributed by atoms with van der Waals surface area (Å²) in [6.45, 7) is 6.74. The van der Waals surface area contributed by atoms with Crippen LogP contribution < -0.4 is 0 Å². The molecule has 18 heavy (non-hydrogen) atoms. The number of hydrogen-bond donors (Lipinski definition) is 1. The van der Waals surface area contributed by atoms with Gasteiger partial charge >= 0.3 is 5.97 Å². The first-order valence-corrected chi connectivity index (χ1v) is 6.20. The van der Waals surface area contributed by atoms with Crippen molar-refractivity contribution in [2.45, 2.75) is 26.5 Å². The lowest BCUT2D eigenvalue weighted by Crippen LogP contribution is -2.45. The summed E-state index contributed by atoms with van der Waals surface area (Å²) in [6, 6.07) is 6.25. The number of carbonyl (C=O) groups is 1. The fourth-order valence-corrected chi connectivity index (χ4v) is 2.22. The van der Waals surface area contributed by atoms with Gasteiger partial charge in [0.2, 0.25) is 0 Å². The SMILES string of the molecule is Cc1cccc(CN2CCOC(C(=O)O)C2)c1C. The van der Waals surface area contributed by atoms with Crippen molar-refractivity contribution in [2.24, 2.45) is 0 Å². The molecule has 1 aliphatic rings. The number of morpholine rings is 1. The Labute approximate surface area is 107 Å². The summed E-state index contributed by atoms with van der Waals surface area (Å²) >= 11 is 0. The van der Waals surface area contributed by atoms with Gasteiger partial charge < -0.3 is 9.84 Å². The molecule has 1 aromatic carbocycles. The van der Waals surface area contributed by atoms with E-state index in [-0.39, 0.29) is 0 Å². The number of rotatable bonds is 3. The van der Waals surface area contributed by atoms with E-state index in [1.165, 1.54) is 16.7 Å². The average Bonchev–Trinajstić information content (AvgIpc) is 2.35. The molecule has 0 amide bonds. The molecular formula is C14H19NO3. The van der Waals surface area contributed by atoms with Crippen molar-refractivity contribution in [3.8, 4) is 0 Å². The highest BCUT2D eigenvalue weighted by molar-refractivity contribution is 5.72. The van der Waals surface area contributed by atoms with Gasteiger partial charge in [-0.25, -0.2) is 4.79 Å². The van der Waals surface area contributed by atoms with Crippen molar-refractivity contribution in [1.29, 1.82) is 0 Å². The predicted molar refractivity (Wildman–Crippen MR) is 68.6 cm³/mol. The zero-order valence-electron chi connectivity index (χ0n) is 10.8. The smallest absolute Gasteiger partial charge is 0.334 e. The molecule has 2 rings (SSSR count). The normalized spacial score (nSPS) is 20.9. The molecule has 1 aromatic rings. The fraction of sp³-hybridized carbons (Fsp3) is 0.500. The van der Waals surface area contributed by atoms with Crippen LogP contribution in [0.3, 0.4) is 0 Å². The van der Waals surface area contributed by atoms with Gasteiger partial charge in [0, 0.05) is 19.6 Å². The van der Waals surface area contributed by atoms with Crippen LogP contribution in [0.1, 0.15) is 16.7 Å². The van der Waals surface area contributed by atoms with Crippen molar-refractivity contribution in [3.63, 3.8) is 0 Å². The minimum atomic E-state index is -0.874. The number of aliphatic carboxylic acids is 1. The Morgan fingerprint density at radius 2 is 2.28 bits per heavy atom. The van der Waals surface area contributed by atoms with Gasteiger partial charge in [-0.2, -0.15) is 0 Å². The summed E-state index contributed by atoms with van der Waals surface area (Å²) < 4.78 is 5.22. The first kappa shape index (κ1) is 13.1. The van der Waals surface area contributed by atoms with Crippen molar-refractivity contribution >= 4 is 5.97 Å². The number of hydrogen-bond acceptors (Lipinski definition) is 3. The highest BCUT2D eigenvalue weighted by Crippen LogP contribution is 2.16. The van der Waals surface area contributed by atoms with Crippen LogP contribution in [0.4, 0.5) is 0 Å². The number of carboxylic acids is 1. The van der Waals surface area contributed by atoms with Crippen LogP contribution in [0, 0.1) is 13.8 Å². The van der Waals surface area contributed by atoms with Gasteiger partial charge in [0.25, 0.3) is 0 Å². The molecule has 1 atom stereocenters. The van der Waals surface area contributed by atoms with Gasteiger partial charge in [-0.05, 0) is 30.5 Å². The number of nitrogens with zero attached hydrogens (tertiary/aromatic N) is 1.